The molecule has 0 spiro atoms. The highest BCUT2D eigenvalue weighted by atomic mass is 16.4. The monoisotopic (exact) mass is 377 g/mol. The normalized spacial score (nSPS) is 17.8. The molecule has 0 saturated heterocycles. The molecule has 3 nitrogen and oxygen atoms in total. The van der Waals surface area contributed by atoms with Gasteiger partial charge in [-0.05, 0) is 77.8 Å². The maximum Gasteiger partial charge on any atom is 0.159 e. The van der Waals surface area contributed by atoms with Crippen LogP contribution in [0.25, 0.3) is 0 Å². The Labute approximate surface area is 168 Å². The van der Waals surface area contributed by atoms with Crippen molar-refractivity contribution in [2.75, 3.05) is 0 Å². The standard InChI is InChI=1S/C25H31NO2/c1-17(27)19-8-6-7-18(15-19)9-12-23(26-28)20-10-11-21-22(16-20)25(4,5)14-13-24(21,2)3/h6-8,10-11,15-16,28H,9,12-14H2,1-5H3/b26-23+. The first-order chi connectivity index (χ1) is 13.1. The van der Waals surface area contributed by atoms with Crippen LogP contribution in [-0.2, 0) is 17.3 Å². The van der Waals surface area contributed by atoms with Crippen LogP contribution in [0, 0.1) is 0 Å². The van der Waals surface area contributed by atoms with Gasteiger partial charge in [0, 0.05) is 5.56 Å². The van der Waals surface area contributed by atoms with Crippen LogP contribution in [0.4, 0.5) is 0 Å². The number of carbonyl (C=O) groups excluding carboxylic acids is 1. The van der Waals surface area contributed by atoms with E-state index in [1.54, 1.807) is 6.92 Å². The Kier molecular flexibility index (Phi) is 5.47. The number of benzene rings is 2. The van der Waals surface area contributed by atoms with E-state index >= 15 is 0 Å². The Morgan fingerprint density at radius 3 is 2.29 bits per heavy atom. The third kappa shape index (κ3) is 4.04. The van der Waals surface area contributed by atoms with Crippen LogP contribution in [0.2, 0.25) is 0 Å². The summed E-state index contributed by atoms with van der Waals surface area (Å²) in [5.74, 6) is 0.0671. The molecule has 0 heterocycles. The number of oxime groups is 1. The van der Waals surface area contributed by atoms with Crippen molar-refractivity contribution in [3.63, 3.8) is 0 Å². The van der Waals surface area contributed by atoms with Gasteiger partial charge in [-0.2, -0.15) is 0 Å². The molecule has 0 radical (unpaired) electrons. The predicted molar refractivity (Wildman–Crippen MR) is 115 cm³/mol. The fourth-order valence-electron chi connectivity index (χ4n) is 4.23. The summed E-state index contributed by atoms with van der Waals surface area (Å²) in [6.45, 7) is 10.8. The van der Waals surface area contributed by atoms with E-state index in [9.17, 15) is 10.0 Å². The second-order valence-electron chi connectivity index (χ2n) is 9.33. The van der Waals surface area contributed by atoms with Gasteiger partial charge in [0.15, 0.2) is 5.78 Å². The number of hydrogen-bond donors (Lipinski definition) is 1. The van der Waals surface area contributed by atoms with Gasteiger partial charge < -0.3 is 5.21 Å². The van der Waals surface area contributed by atoms with E-state index in [2.05, 4.69) is 51.0 Å². The van der Waals surface area contributed by atoms with Crippen molar-refractivity contribution in [1.29, 1.82) is 0 Å². The van der Waals surface area contributed by atoms with Gasteiger partial charge in [0.1, 0.15) is 0 Å². The molecule has 0 aliphatic heterocycles. The summed E-state index contributed by atoms with van der Waals surface area (Å²) >= 11 is 0. The summed E-state index contributed by atoms with van der Waals surface area (Å²) in [5.41, 5.74) is 6.53. The summed E-state index contributed by atoms with van der Waals surface area (Å²) in [6.07, 6.45) is 3.69. The van der Waals surface area contributed by atoms with E-state index < -0.39 is 0 Å². The average molecular weight is 378 g/mol. The van der Waals surface area contributed by atoms with Crippen molar-refractivity contribution in [1.82, 2.24) is 0 Å². The topological polar surface area (TPSA) is 49.7 Å². The largest absolute Gasteiger partial charge is 0.411 e. The van der Waals surface area contributed by atoms with E-state index in [1.165, 1.54) is 17.5 Å². The maximum absolute atomic E-state index is 11.6. The number of ketones is 1. The Morgan fingerprint density at radius 1 is 0.964 bits per heavy atom. The molecule has 28 heavy (non-hydrogen) atoms. The van der Waals surface area contributed by atoms with Crippen LogP contribution in [0.5, 0.6) is 0 Å². The van der Waals surface area contributed by atoms with Crippen LogP contribution in [-0.4, -0.2) is 16.7 Å². The Morgan fingerprint density at radius 2 is 1.64 bits per heavy atom. The van der Waals surface area contributed by atoms with Crippen LogP contribution in [0.15, 0.2) is 47.6 Å². The minimum absolute atomic E-state index is 0.0671. The van der Waals surface area contributed by atoms with E-state index in [1.807, 2.05) is 24.3 Å². The van der Waals surface area contributed by atoms with Gasteiger partial charge in [0.05, 0.1) is 5.71 Å². The number of fused-ring (bicyclic) bond motifs is 1. The molecule has 3 rings (SSSR count). The first kappa shape index (κ1) is 20.3. The molecule has 148 valence electrons. The van der Waals surface area contributed by atoms with Crippen LogP contribution in [0.3, 0.4) is 0 Å². The average Bonchev–Trinajstić information content (AvgIpc) is 2.66. The molecule has 2 aromatic carbocycles. The third-order valence-corrected chi connectivity index (χ3v) is 6.29. The van der Waals surface area contributed by atoms with E-state index in [0.29, 0.717) is 12.1 Å². The Hall–Kier alpha value is -2.42. The van der Waals surface area contributed by atoms with Gasteiger partial charge in [0.2, 0.25) is 0 Å². The van der Waals surface area contributed by atoms with Crippen molar-refractivity contribution in [2.24, 2.45) is 5.16 Å². The summed E-state index contributed by atoms with van der Waals surface area (Å²) in [4.78, 5) is 11.6. The first-order valence-electron chi connectivity index (χ1n) is 10.1. The van der Waals surface area contributed by atoms with Gasteiger partial charge in [-0.25, -0.2) is 0 Å². The minimum Gasteiger partial charge on any atom is -0.411 e. The first-order valence-corrected chi connectivity index (χ1v) is 10.1. The Balaban J connectivity index is 1.86. The van der Waals surface area contributed by atoms with Crippen molar-refractivity contribution in [2.45, 2.75) is 71.1 Å². The molecule has 1 aliphatic rings. The lowest BCUT2D eigenvalue weighted by Gasteiger charge is -2.42. The zero-order valence-electron chi connectivity index (χ0n) is 17.7. The summed E-state index contributed by atoms with van der Waals surface area (Å²) < 4.78 is 0. The second-order valence-corrected chi connectivity index (χ2v) is 9.33. The van der Waals surface area contributed by atoms with E-state index in [4.69, 9.17) is 0 Å². The number of Topliss-reactive ketones (excluding diaryl/α,β-unsaturated/α-hetero) is 1. The zero-order chi connectivity index (χ0) is 20.5. The highest BCUT2D eigenvalue weighted by molar-refractivity contribution is 6.00. The quantitative estimate of drug-likeness (QED) is 0.298. The summed E-state index contributed by atoms with van der Waals surface area (Å²) in [7, 11) is 0. The highest BCUT2D eigenvalue weighted by Crippen LogP contribution is 2.46. The highest BCUT2D eigenvalue weighted by Gasteiger charge is 2.37. The van der Waals surface area contributed by atoms with Gasteiger partial charge in [-0.15, -0.1) is 0 Å². The second kappa shape index (κ2) is 7.54. The molecule has 2 aromatic rings. The van der Waals surface area contributed by atoms with Crippen LogP contribution < -0.4 is 0 Å². The number of hydrogen-bond acceptors (Lipinski definition) is 3. The molecule has 0 bridgehead atoms. The fourth-order valence-corrected chi connectivity index (χ4v) is 4.23. The molecule has 0 atom stereocenters. The van der Waals surface area contributed by atoms with Gasteiger partial charge in [-0.1, -0.05) is 63.2 Å². The number of aryl methyl sites for hydroxylation is 1. The molecular formula is C25H31NO2. The number of nitrogens with zero attached hydrogens (tertiary/aromatic N) is 1. The lowest BCUT2D eigenvalue weighted by molar-refractivity contribution is 0.101. The molecular weight excluding hydrogens is 346 g/mol. The number of carbonyl (C=O) groups is 1. The van der Waals surface area contributed by atoms with Crippen molar-refractivity contribution in [3.8, 4) is 0 Å². The lowest BCUT2D eigenvalue weighted by Crippen LogP contribution is -2.34. The smallest absolute Gasteiger partial charge is 0.159 e. The third-order valence-electron chi connectivity index (χ3n) is 6.29. The molecule has 0 saturated carbocycles. The zero-order valence-corrected chi connectivity index (χ0v) is 17.7. The lowest BCUT2D eigenvalue weighted by atomic mass is 9.63. The molecule has 0 aromatic heterocycles. The van der Waals surface area contributed by atoms with Crippen LogP contribution in [0.1, 0.15) is 86.5 Å². The summed E-state index contributed by atoms with van der Waals surface area (Å²) in [5, 5.41) is 13.3. The Bertz CT molecular complexity index is 922. The van der Waals surface area contributed by atoms with Crippen molar-refractivity contribution >= 4 is 11.5 Å². The predicted octanol–water partition coefficient (Wildman–Crippen LogP) is 6.05. The minimum atomic E-state index is 0.0671. The van der Waals surface area contributed by atoms with Gasteiger partial charge in [-0.3, -0.25) is 4.79 Å². The maximum atomic E-state index is 11.6. The van der Waals surface area contributed by atoms with Crippen molar-refractivity contribution in [3.05, 3.63) is 70.3 Å². The van der Waals surface area contributed by atoms with E-state index in [0.717, 1.165) is 29.5 Å². The fraction of sp³-hybridized carbons (Fsp3) is 0.440. The van der Waals surface area contributed by atoms with Gasteiger partial charge >= 0.3 is 0 Å². The van der Waals surface area contributed by atoms with Crippen molar-refractivity contribution < 1.29 is 10.0 Å². The molecule has 0 amide bonds. The van der Waals surface area contributed by atoms with Gasteiger partial charge in [0.25, 0.3) is 0 Å². The van der Waals surface area contributed by atoms with E-state index in [-0.39, 0.29) is 16.6 Å². The number of rotatable bonds is 5. The molecule has 0 unspecified atom stereocenters. The molecule has 1 N–H and O–H groups in total. The SMILES string of the molecule is CC(=O)c1cccc(CC/C(=N\O)c2ccc3c(c2)C(C)(C)CCC3(C)C)c1. The van der Waals surface area contributed by atoms with Crippen LogP contribution >= 0.6 is 0 Å². The molecule has 3 heteroatoms. The molecule has 1 aliphatic carbocycles. The summed E-state index contributed by atoms with van der Waals surface area (Å²) in [6, 6.07) is 14.2. The molecule has 0 fully saturated rings.